The fourth-order valence-corrected chi connectivity index (χ4v) is 2.99. The molecule has 0 bridgehead atoms. The Kier molecular flexibility index (Phi) is 4.47. The van der Waals surface area contributed by atoms with E-state index in [-0.39, 0.29) is 11.5 Å². The molecule has 1 aromatic heterocycles. The first-order valence-electron chi connectivity index (χ1n) is 8.59. The lowest BCUT2D eigenvalue weighted by Crippen LogP contribution is -2.05. The zero-order valence-electron chi connectivity index (χ0n) is 14.9. The summed E-state index contributed by atoms with van der Waals surface area (Å²) in [6.45, 7) is 1.91. The van der Waals surface area contributed by atoms with Crippen molar-refractivity contribution in [1.82, 2.24) is 10.1 Å². The third kappa shape index (κ3) is 3.53. The van der Waals surface area contributed by atoms with Gasteiger partial charge in [-0.25, -0.2) is 0 Å². The summed E-state index contributed by atoms with van der Waals surface area (Å²) >= 11 is 0. The maximum absolute atomic E-state index is 13.4. The Morgan fingerprint density at radius 3 is 2.18 bits per heavy atom. The quantitative estimate of drug-likeness (QED) is 0.413. The highest BCUT2D eigenvalue weighted by atomic mass is 19.4. The molecule has 0 aliphatic rings. The largest absolute Gasteiger partial charge is 0.416 e. The second-order valence-electron chi connectivity index (χ2n) is 6.40. The number of aromatic nitrogens is 2. The molecule has 3 aromatic carbocycles. The van der Waals surface area contributed by atoms with Gasteiger partial charge in [0.05, 0.1) is 5.56 Å². The van der Waals surface area contributed by atoms with Crippen molar-refractivity contribution in [3.05, 3.63) is 83.9 Å². The van der Waals surface area contributed by atoms with E-state index in [4.69, 9.17) is 4.52 Å². The number of hydrogen-bond donors (Lipinski definition) is 0. The van der Waals surface area contributed by atoms with Gasteiger partial charge in [-0.2, -0.15) is 18.2 Å². The number of benzene rings is 3. The van der Waals surface area contributed by atoms with Gasteiger partial charge < -0.3 is 4.52 Å². The number of aryl methyl sites for hydroxylation is 1. The summed E-state index contributed by atoms with van der Waals surface area (Å²) in [5.41, 5.74) is 2.28. The molecule has 140 valence electrons. The number of alkyl halides is 3. The Hall–Kier alpha value is -3.41. The van der Waals surface area contributed by atoms with Crippen LogP contribution in [-0.2, 0) is 6.18 Å². The lowest BCUT2D eigenvalue weighted by molar-refractivity contribution is -0.137. The van der Waals surface area contributed by atoms with E-state index >= 15 is 0 Å². The average molecular weight is 380 g/mol. The van der Waals surface area contributed by atoms with Gasteiger partial charge in [0.25, 0.3) is 5.89 Å². The van der Waals surface area contributed by atoms with Gasteiger partial charge in [-0.1, -0.05) is 59.8 Å². The molecular formula is C22H15F3N2O. The summed E-state index contributed by atoms with van der Waals surface area (Å²) in [7, 11) is 0. The molecule has 0 spiro atoms. The van der Waals surface area contributed by atoms with Crippen molar-refractivity contribution in [3.8, 4) is 34.0 Å². The minimum absolute atomic E-state index is 0.0431. The minimum atomic E-state index is -4.49. The lowest BCUT2D eigenvalue weighted by Gasteiger charge is -2.11. The Morgan fingerprint density at radius 2 is 1.46 bits per heavy atom. The van der Waals surface area contributed by atoms with Crippen LogP contribution in [0.1, 0.15) is 11.1 Å². The van der Waals surface area contributed by atoms with Crippen molar-refractivity contribution in [3.63, 3.8) is 0 Å². The van der Waals surface area contributed by atoms with Gasteiger partial charge in [-0.3, -0.25) is 0 Å². The van der Waals surface area contributed by atoms with Crippen LogP contribution in [0.3, 0.4) is 0 Å². The third-order valence-electron chi connectivity index (χ3n) is 4.43. The maximum Gasteiger partial charge on any atom is 0.416 e. The number of nitrogens with zero attached hydrogens (tertiary/aromatic N) is 2. The molecule has 28 heavy (non-hydrogen) atoms. The summed E-state index contributed by atoms with van der Waals surface area (Å²) in [5.74, 6) is 0.383. The van der Waals surface area contributed by atoms with Gasteiger partial charge in [-0.15, -0.1) is 0 Å². The summed E-state index contributed by atoms with van der Waals surface area (Å²) < 4.78 is 45.6. The lowest BCUT2D eigenvalue weighted by atomic mass is 9.99. The molecule has 4 aromatic rings. The third-order valence-corrected chi connectivity index (χ3v) is 4.43. The SMILES string of the molecule is Cc1ccccc1-c1noc(-c2cc(-c3ccccc3)cc(C(F)(F)F)c2)n1. The van der Waals surface area contributed by atoms with Gasteiger partial charge in [0.15, 0.2) is 0 Å². The molecule has 0 atom stereocenters. The van der Waals surface area contributed by atoms with E-state index in [1.54, 1.807) is 30.3 Å². The van der Waals surface area contributed by atoms with Crippen LogP contribution in [0, 0.1) is 6.92 Å². The van der Waals surface area contributed by atoms with Crippen molar-refractivity contribution in [2.24, 2.45) is 0 Å². The second kappa shape index (κ2) is 6.96. The molecule has 1 heterocycles. The number of halogens is 3. The Balaban J connectivity index is 1.83. The zero-order chi connectivity index (χ0) is 19.7. The first-order chi connectivity index (χ1) is 13.4. The van der Waals surface area contributed by atoms with Crippen molar-refractivity contribution in [2.75, 3.05) is 0 Å². The minimum Gasteiger partial charge on any atom is -0.334 e. The molecule has 0 saturated heterocycles. The highest BCUT2D eigenvalue weighted by Crippen LogP contribution is 2.36. The van der Waals surface area contributed by atoms with E-state index in [9.17, 15) is 13.2 Å². The van der Waals surface area contributed by atoms with Crippen molar-refractivity contribution in [1.29, 1.82) is 0 Å². The van der Waals surface area contributed by atoms with Crippen LogP contribution in [0.25, 0.3) is 34.0 Å². The zero-order valence-corrected chi connectivity index (χ0v) is 14.9. The molecule has 3 nitrogen and oxygen atoms in total. The van der Waals surface area contributed by atoms with Gasteiger partial charge in [0, 0.05) is 11.1 Å². The monoisotopic (exact) mass is 380 g/mol. The number of hydrogen-bond acceptors (Lipinski definition) is 3. The van der Waals surface area contributed by atoms with Gasteiger partial charge in [0.2, 0.25) is 5.82 Å². The van der Waals surface area contributed by atoms with Crippen LogP contribution in [0.2, 0.25) is 0 Å². The van der Waals surface area contributed by atoms with Gasteiger partial charge in [0.1, 0.15) is 0 Å². The van der Waals surface area contributed by atoms with Crippen molar-refractivity contribution in [2.45, 2.75) is 13.1 Å². The highest BCUT2D eigenvalue weighted by molar-refractivity contribution is 5.72. The predicted octanol–water partition coefficient (Wildman–Crippen LogP) is 6.40. The molecule has 0 aliphatic heterocycles. The van der Waals surface area contributed by atoms with Crippen LogP contribution < -0.4 is 0 Å². The molecule has 0 unspecified atom stereocenters. The molecule has 0 saturated carbocycles. The van der Waals surface area contributed by atoms with Crippen LogP contribution >= 0.6 is 0 Å². The van der Waals surface area contributed by atoms with E-state index < -0.39 is 11.7 Å². The second-order valence-corrected chi connectivity index (χ2v) is 6.40. The Morgan fingerprint density at radius 1 is 0.786 bits per heavy atom. The smallest absolute Gasteiger partial charge is 0.334 e. The van der Waals surface area contributed by atoms with E-state index in [1.165, 1.54) is 0 Å². The molecule has 0 aliphatic carbocycles. The van der Waals surface area contributed by atoms with Gasteiger partial charge >= 0.3 is 6.18 Å². The predicted molar refractivity (Wildman–Crippen MR) is 100 cm³/mol. The molecule has 6 heteroatoms. The van der Waals surface area contributed by atoms with Crippen LogP contribution in [-0.4, -0.2) is 10.1 Å². The summed E-state index contributed by atoms with van der Waals surface area (Å²) in [4.78, 5) is 4.32. The fraction of sp³-hybridized carbons (Fsp3) is 0.0909. The molecular weight excluding hydrogens is 365 g/mol. The van der Waals surface area contributed by atoms with Gasteiger partial charge in [-0.05, 0) is 41.8 Å². The van der Waals surface area contributed by atoms with Crippen LogP contribution in [0.4, 0.5) is 13.2 Å². The first-order valence-corrected chi connectivity index (χ1v) is 8.59. The molecule has 0 fully saturated rings. The van der Waals surface area contributed by atoms with Crippen molar-refractivity contribution < 1.29 is 17.7 Å². The fourth-order valence-electron chi connectivity index (χ4n) is 2.99. The Bertz CT molecular complexity index is 1120. The van der Waals surface area contributed by atoms with E-state index in [0.717, 1.165) is 23.3 Å². The van der Waals surface area contributed by atoms with E-state index in [2.05, 4.69) is 10.1 Å². The standard InChI is InChI=1S/C22H15F3N2O/c1-14-7-5-6-10-19(14)20-26-21(28-27-20)17-11-16(15-8-3-2-4-9-15)12-18(13-17)22(23,24)25/h2-13H,1H3. The van der Waals surface area contributed by atoms with Crippen molar-refractivity contribution >= 4 is 0 Å². The first kappa shape index (κ1) is 18.0. The summed E-state index contributed by atoms with van der Waals surface area (Å²) in [5, 5.41) is 3.95. The normalized spacial score (nSPS) is 11.6. The highest BCUT2D eigenvalue weighted by Gasteiger charge is 2.32. The average Bonchev–Trinajstić information content (AvgIpc) is 3.18. The molecule has 0 N–H and O–H groups in total. The van der Waals surface area contributed by atoms with Crippen LogP contribution in [0.15, 0.2) is 77.3 Å². The Labute approximate surface area is 159 Å². The topological polar surface area (TPSA) is 38.9 Å². The summed E-state index contributed by atoms with van der Waals surface area (Å²) in [6.07, 6.45) is -4.49. The van der Waals surface area contributed by atoms with E-state index in [1.807, 2.05) is 37.3 Å². The van der Waals surface area contributed by atoms with E-state index in [0.29, 0.717) is 17.0 Å². The number of rotatable bonds is 3. The van der Waals surface area contributed by atoms with Crippen LogP contribution in [0.5, 0.6) is 0 Å². The maximum atomic E-state index is 13.4. The summed E-state index contributed by atoms with van der Waals surface area (Å²) in [6, 6.07) is 20.1. The molecule has 0 radical (unpaired) electrons. The molecule has 0 amide bonds. The molecule has 4 rings (SSSR count).